The number of carbonyl (C=O) groups is 1. The first-order valence-electron chi connectivity index (χ1n) is 7.55. The molecule has 0 unspecified atom stereocenters. The second-order valence-corrected chi connectivity index (χ2v) is 7.43. The summed E-state index contributed by atoms with van der Waals surface area (Å²) in [5, 5.41) is 0. The molecule has 0 N–H and O–H groups in total. The van der Waals surface area contributed by atoms with Gasteiger partial charge in [0.1, 0.15) is 6.61 Å². The van der Waals surface area contributed by atoms with E-state index in [-0.39, 0.29) is 5.97 Å². The number of rotatable bonds is 13. The Hall–Kier alpha value is 0.170. The van der Waals surface area contributed by atoms with Crippen molar-refractivity contribution in [2.24, 2.45) is 5.92 Å². The van der Waals surface area contributed by atoms with Gasteiger partial charge in [-0.25, -0.2) is 0 Å². The fourth-order valence-electron chi connectivity index (χ4n) is 1.99. The normalized spacial score (nSPS) is 14.6. The van der Waals surface area contributed by atoms with Gasteiger partial charge in [-0.3, -0.25) is 4.79 Å². The van der Waals surface area contributed by atoms with Crippen LogP contribution >= 0.6 is 23.5 Å². The zero-order valence-corrected chi connectivity index (χ0v) is 13.8. The van der Waals surface area contributed by atoms with E-state index in [2.05, 4.69) is 6.26 Å². The van der Waals surface area contributed by atoms with Crippen LogP contribution in [0.1, 0.15) is 51.4 Å². The Morgan fingerprint density at radius 3 is 2.63 bits per heavy atom. The molecular formula is C15H28O2S2. The highest BCUT2D eigenvalue weighted by Gasteiger charge is 2.19. The van der Waals surface area contributed by atoms with Gasteiger partial charge in [0.2, 0.25) is 0 Å². The molecule has 0 aromatic rings. The van der Waals surface area contributed by atoms with Crippen molar-refractivity contribution in [3.05, 3.63) is 0 Å². The lowest BCUT2D eigenvalue weighted by Gasteiger charge is -2.04. The largest absolute Gasteiger partial charge is 0.465 e. The van der Waals surface area contributed by atoms with Crippen molar-refractivity contribution in [1.29, 1.82) is 0 Å². The summed E-state index contributed by atoms with van der Waals surface area (Å²) in [7, 11) is 0. The number of carbonyl (C=O) groups excluding carboxylic acids is 1. The van der Waals surface area contributed by atoms with Crippen LogP contribution < -0.4 is 0 Å². The number of unbranched alkanes of at least 4 members (excludes halogenated alkanes) is 3. The molecule has 0 saturated heterocycles. The first kappa shape index (κ1) is 17.2. The molecule has 0 aliphatic heterocycles. The van der Waals surface area contributed by atoms with Gasteiger partial charge >= 0.3 is 5.97 Å². The fourth-order valence-corrected chi connectivity index (χ4v) is 3.54. The molecule has 0 aromatic heterocycles. The Morgan fingerprint density at radius 1 is 1.11 bits per heavy atom. The predicted molar refractivity (Wildman–Crippen MR) is 87.1 cm³/mol. The molecule has 0 radical (unpaired) electrons. The van der Waals surface area contributed by atoms with Gasteiger partial charge in [-0.05, 0) is 18.6 Å². The van der Waals surface area contributed by atoms with Crippen LogP contribution in [-0.2, 0) is 9.53 Å². The van der Waals surface area contributed by atoms with Crippen LogP contribution in [0.5, 0.6) is 0 Å². The van der Waals surface area contributed by atoms with Crippen LogP contribution in [-0.4, -0.2) is 36.1 Å². The highest BCUT2D eigenvalue weighted by molar-refractivity contribution is 8.02. The molecule has 1 aliphatic carbocycles. The summed E-state index contributed by atoms with van der Waals surface area (Å²) in [5.74, 6) is 4.31. The van der Waals surface area contributed by atoms with E-state index in [1.54, 1.807) is 0 Å². The average Bonchev–Trinajstić information content (AvgIpc) is 3.22. The van der Waals surface area contributed by atoms with Gasteiger partial charge in [0.15, 0.2) is 0 Å². The lowest BCUT2D eigenvalue weighted by Crippen LogP contribution is -2.07. The van der Waals surface area contributed by atoms with Crippen molar-refractivity contribution in [2.75, 3.05) is 30.1 Å². The maximum absolute atomic E-state index is 11.4. The molecule has 1 saturated carbocycles. The molecule has 0 atom stereocenters. The minimum atomic E-state index is -0.00680. The number of ether oxygens (including phenoxy) is 1. The Labute approximate surface area is 126 Å². The summed E-state index contributed by atoms with van der Waals surface area (Å²) in [4.78, 5) is 11.4. The zero-order valence-electron chi connectivity index (χ0n) is 12.2. The average molecular weight is 305 g/mol. The predicted octanol–water partition coefficient (Wildman–Crippen LogP) is 4.38. The Kier molecular flexibility index (Phi) is 10.8. The van der Waals surface area contributed by atoms with Gasteiger partial charge in [-0.1, -0.05) is 38.5 Å². The van der Waals surface area contributed by atoms with Crippen molar-refractivity contribution >= 4 is 29.5 Å². The van der Waals surface area contributed by atoms with E-state index in [1.807, 2.05) is 23.5 Å². The summed E-state index contributed by atoms with van der Waals surface area (Å²) in [5.41, 5.74) is 0. The molecule has 19 heavy (non-hydrogen) atoms. The van der Waals surface area contributed by atoms with Crippen LogP contribution in [0, 0.1) is 5.92 Å². The first-order chi connectivity index (χ1) is 9.33. The highest BCUT2D eigenvalue weighted by atomic mass is 32.2. The van der Waals surface area contributed by atoms with Crippen LogP contribution in [0.25, 0.3) is 0 Å². The summed E-state index contributed by atoms with van der Waals surface area (Å²) in [6.45, 7) is 0.583. The molecule has 112 valence electrons. The van der Waals surface area contributed by atoms with Crippen LogP contribution in [0.2, 0.25) is 0 Å². The molecule has 0 amide bonds. The maximum atomic E-state index is 11.4. The third-order valence-electron chi connectivity index (χ3n) is 3.36. The van der Waals surface area contributed by atoms with E-state index in [1.165, 1.54) is 44.3 Å². The van der Waals surface area contributed by atoms with Crippen molar-refractivity contribution < 1.29 is 9.53 Å². The Bertz CT molecular complexity index is 230. The fraction of sp³-hybridized carbons (Fsp3) is 0.933. The summed E-state index contributed by atoms with van der Waals surface area (Å²) in [6.07, 6.45) is 11.9. The van der Waals surface area contributed by atoms with Gasteiger partial charge in [-0.2, -0.15) is 23.5 Å². The van der Waals surface area contributed by atoms with Crippen LogP contribution in [0.3, 0.4) is 0 Å². The zero-order chi connectivity index (χ0) is 13.8. The summed E-state index contributed by atoms with van der Waals surface area (Å²) >= 11 is 3.73. The molecule has 0 aromatic carbocycles. The Balaban J connectivity index is 1.74. The molecule has 1 rings (SSSR count). The molecule has 0 bridgehead atoms. The molecule has 0 heterocycles. The van der Waals surface area contributed by atoms with Gasteiger partial charge in [0.25, 0.3) is 0 Å². The van der Waals surface area contributed by atoms with Crippen LogP contribution in [0.4, 0.5) is 0 Å². The number of hydrogen-bond acceptors (Lipinski definition) is 4. The lowest BCUT2D eigenvalue weighted by molar-refractivity contribution is -0.143. The summed E-state index contributed by atoms with van der Waals surface area (Å²) in [6, 6.07) is 0. The third-order valence-corrected chi connectivity index (χ3v) is 5.18. The van der Waals surface area contributed by atoms with Gasteiger partial charge in [0, 0.05) is 23.7 Å². The van der Waals surface area contributed by atoms with E-state index in [9.17, 15) is 4.79 Å². The SMILES string of the molecule is CSCCSCCOC(=O)CCCCCCC1CC1. The van der Waals surface area contributed by atoms with Crippen molar-refractivity contribution in [1.82, 2.24) is 0 Å². The monoisotopic (exact) mass is 304 g/mol. The van der Waals surface area contributed by atoms with Gasteiger partial charge in [0.05, 0.1) is 0 Å². The quantitative estimate of drug-likeness (QED) is 0.373. The second-order valence-electron chi connectivity index (χ2n) is 5.22. The standard InChI is InChI=1S/C15H28O2S2/c1-18-12-13-19-11-10-17-15(16)7-5-3-2-4-6-14-8-9-14/h14H,2-13H2,1H3. The van der Waals surface area contributed by atoms with E-state index < -0.39 is 0 Å². The molecule has 1 aliphatic rings. The van der Waals surface area contributed by atoms with Crippen molar-refractivity contribution in [3.8, 4) is 0 Å². The number of thioether (sulfide) groups is 2. The highest BCUT2D eigenvalue weighted by Crippen LogP contribution is 2.34. The second kappa shape index (κ2) is 12.0. The molecule has 1 fully saturated rings. The van der Waals surface area contributed by atoms with Crippen LogP contribution in [0.15, 0.2) is 0 Å². The van der Waals surface area contributed by atoms with E-state index in [0.717, 1.165) is 23.8 Å². The van der Waals surface area contributed by atoms with Crippen molar-refractivity contribution in [2.45, 2.75) is 51.4 Å². The van der Waals surface area contributed by atoms with Gasteiger partial charge in [-0.15, -0.1) is 0 Å². The van der Waals surface area contributed by atoms with Gasteiger partial charge < -0.3 is 4.74 Å². The van der Waals surface area contributed by atoms with E-state index in [4.69, 9.17) is 4.74 Å². The topological polar surface area (TPSA) is 26.3 Å². The Morgan fingerprint density at radius 2 is 1.89 bits per heavy atom. The maximum Gasteiger partial charge on any atom is 0.305 e. The lowest BCUT2D eigenvalue weighted by atomic mass is 10.1. The first-order valence-corrected chi connectivity index (χ1v) is 10.1. The van der Waals surface area contributed by atoms with E-state index >= 15 is 0 Å². The molecular weight excluding hydrogens is 276 g/mol. The van der Waals surface area contributed by atoms with E-state index in [0.29, 0.717) is 13.0 Å². The smallest absolute Gasteiger partial charge is 0.305 e. The molecule has 2 nitrogen and oxygen atoms in total. The van der Waals surface area contributed by atoms with Crippen molar-refractivity contribution in [3.63, 3.8) is 0 Å². The number of esters is 1. The molecule has 4 heteroatoms. The summed E-state index contributed by atoms with van der Waals surface area (Å²) < 4.78 is 5.21. The molecule has 0 spiro atoms. The minimum absolute atomic E-state index is 0.00680. The third kappa shape index (κ3) is 11.7. The number of hydrogen-bond donors (Lipinski definition) is 0. The minimum Gasteiger partial charge on any atom is -0.465 e.